The number of fused-ring (bicyclic) bond motifs is 1. The van der Waals surface area contributed by atoms with Crippen LogP contribution in [0.2, 0.25) is 0 Å². The number of nitrogens with one attached hydrogen (secondary N) is 2. The Kier molecular flexibility index (Phi) is 9.55. The van der Waals surface area contributed by atoms with Crippen molar-refractivity contribution in [2.75, 3.05) is 57.3 Å². The van der Waals surface area contributed by atoms with Crippen LogP contribution in [-0.2, 0) is 11.3 Å². The summed E-state index contributed by atoms with van der Waals surface area (Å²) >= 11 is 0. The molecule has 44 heavy (non-hydrogen) atoms. The number of hydrogen-bond acceptors (Lipinski definition) is 5. The molecule has 2 aromatic heterocycles. The monoisotopic (exact) mass is 599 g/mol. The third-order valence-corrected chi connectivity index (χ3v) is 8.85. The number of piperazine rings is 1. The number of rotatable bonds is 6. The number of hydrogen-bond donors (Lipinski definition) is 2. The number of anilines is 1. The van der Waals surface area contributed by atoms with Crippen molar-refractivity contribution >= 4 is 28.4 Å². The summed E-state index contributed by atoms with van der Waals surface area (Å²) in [7, 11) is 0. The molecule has 232 valence electrons. The Bertz CT molecular complexity index is 1530. The topological polar surface area (TPSA) is 89.5 Å². The normalized spacial score (nSPS) is 17.1. The molecule has 0 bridgehead atoms. The van der Waals surface area contributed by atoms with E-state index in [1.807, 2.05) is 26.7 Å². The Morgan fingerprint density at radius 2 is 1.55 bits per heavy atom. The van der Waals surface area contributed by atoms with Crippen LogP contribution in [0.1, 0.15) is 49.0 Å². The molecule has 0 saturated carbocycles. The molecule has 2 aromatic carbocycles. The minimum atomic E-state index is -0.332. The second-order valence-electron chi connectivity index (χ2n) is 11.8. The van der Waals surface area contributed by atoms with Gasteiger partial charge in [-0.1, -0.05) is 18.2 Å². The number of piperidine rings is 1. The molecule has 3 aliphatic heterocycles. The van der Waals surface area contributed by atoms with Crippen LogP contribution < -0.4 is 10.2 Å². The van der Waals surface area contributed by atoms with Crippen molar-refractivity contribution in [2.45, 2.75) is 45.1 Å². The molecule has 3 saturated heterocycles. The summed E-state index contributed by atoms with van der Waals surface area (Å²) < 4.78 is 16.3. The first-order valence-electron chi connectivity index (χ1n) is 16.0. The minimum absolute atomic E-state index is 0.0434. The lowest BCUT2D eigenvalue weighted by Crippen LogP contribution is -2.43. The van der Waals surface area contributed by atoms with Crippen LogP contribution in [0.15, 0.2) is 60.9 Å². The van der Waals surface area contributed by atoms with E-state index in [4.69, 9.17) is 0 Å². The van der Waals surface area contributed by atoms with Gasteiger partial charge in [-0.05, 0) is 73.6 Å². The number of aryl methyl sites for hydroxylation is 1. The first-order chi connectivity index (χ1) is 21.6. The van der Waals surface area contributed by atoms with Crippen molar-refractivity contribution in [3.8, 4) is 11.1 Å². The van der Waals surface area contributed by atoms with Gasteiger partial charge in [0.1, 0.15) is 11.5 Å². The van der Waals surface area contributed by atoms with Crippen molar-refractivity contribution in [3.63, 3.8) is 0 Å². The molecule has 2 amide bonds. The van der Waals surface area contributed by atoms with Gasteiger partial charge in [0, 0.05) is 88.8 Å². The Labute approximate surface area is 258 Å². The van der Waals surface area contributed by atoms with Crippen LogP contribution >= 0.6 is 0 Å². The van der Waals surface area contributed by atoms with Crippen LogP contribution in [0, 0.1) is 5.82 Å². The summed E-state index contributed by atoms with van der Waals surface area (Å²) in [5.41, 5.74) is 4.02. The number of halogens is 1. The standard InChI is InChI=1S/C23H25FN4O.C11H17N3O/c24-20-8-7-18(16-3-5-17(6-4-16)27-13-9-25-10-14-27)19-15-21(26-22(19)20)23(29)28-11-1-2-12-28;15-11(13-7-2-1-3-8-13)5-10-14-9-4-6-12-14/h3-8,15,25-26H,1-2,9-14H2;4,6,9H,1-3,5,7-8,10H2. The lowest BCUT2D eigenvalue weighted by Gasteiger charge is -2.29. The first-order valence-corrected chi connectivity index (χ1v) is 16.0. The fraction of sp³-hybridized carbons (Fsp3) is 0.441. The Morgan fingerprint density at radius 3 is 2.25 bits per heavy atom. The fourth-order valence-corrected chi connectivity index (χ4v) is 6.36. The lowest BCUT2D eigenvalue weighted by molar-refractivity contribution is -0.132. The third-order valence-electron chi connectivity index (χ3n) is 8.85. The predicted molar refractivity (Wildman–Crippen MR) is 171 cm³/mol. The summed E-state index contributed by atoms with van der Waals surface area (Å²) in [6.07, 6.45) is 9.86. The van der Waals surface area contributed by atoms with E-state index in [1.165, 1.54) is 18.2 Å². The van der Waals surface area contributed by atoms with Gasteiger partial charge in [-0.15, -0.1) is 0 Å². The molecule has 9 nitrogen and oxygen atoms in total. The lowest BCUT2D eigenvalue weighted by atomic mass is 10.0. The smallest absolute Gasteiger partial charge is 0.270 e. The van der Waals surface area contributed by atoms with Gasteiger partial charge in [-0.2, -0.15) is 5.10 Å². The second kappa shape index (κ2) is 14.1. The summed E-state index contributed by atoms with van der Waals surface area (Å²) in [6, 6.07) is 15.4. The molecule has 0 atom stereocenters. The number of benzene rings is 2. The van der Waals surface area contributed by atoms with Gasteiger partial charge in [-0.3, -0.25) is 14.3 Å². The molecule has 4 aromatic rings. The van der Waals surface area contributed by atoms with Crippen LogP contribution in [0.4, 0.5) is 10.1 Å². The van der Waals surface area contributed by atoms with E-state index in [2.05, 4.69) is 44.6 Å². The van der Waals surface area contributed by atoms with E-state index in [0.29, 0.717) is 24.2 Å². The third kappa shape index (κ3) is 6.96. The quantitative estimate of drug-likeness (QED) is 0.329. The zero-order valence-corrected chi connectivity index (χ0v) is 25.3. The number of likely N-dealkylation sites (tertiary alicyclic amines) is 2. The number of amides is 2. The fourth-order valence-electron chi connectivity index (χ4n) is 6.36. The number of nitrogens with zero attached hydrogens (tertiary/aromatic N) is 5. The highest BCUT2D eigenvalue weighted by Crippen LogP contribution is 2.32. The predicted octanol–water partition coefficient (Wildman–Crippen LogP) is 4.91. The SMILES string of the molecule is O=C(CCn1cccn1)N1CCCCC1.O=C(c1cc2c(-c3ccc(N4CCNCC4)cc3)ccc(F)c2[nH]1)N1CCCC1. The van der Waals surface area contributed by atoms with E-state index in [1.54, 1.807) is 18.3 Å². The molecule has 3 fully saturated rings. The van der Waals surface area contributed by atoms with Crippen LogP contribution in [0.5, 0.6) is 0 Å². The van der Waals surface area contributed by atoms with Gasteiger partial charge in [0.2, 0.25) is 5.91 Å². The number of carbonyl (C=O) groups is 2. The highest BCUT2D eigenvalue weighted by atomic mass is 19.1. The molecule has 3 aliphatic rings. The van der Waals surface area contributed by atoms with Crippen molar-refractivity contribution in [3.05, 3.63) is 72.4 Å². The van der Waals surface area contributed by atoms with Crippen molar-refractivity contribution in [2.24, 2.45) is 0 Å². The van der Waals surface area contributed by atoms with Gasteiger partial charge >= 0.3 is 0 Å². The number of aromatic nitrogens is 3. The van der Waals surface area contributed by atoms with Crippen LogP contribution in [0.3, 0.4) is 0 Å². The van der Waals surface area contributed by atoms with E-state index >= 15 is 0 Å². The largest absolute Gasteiger partial charge is 0.369 e. The maximum atomic E-state index is 14.5. The van der Waals surface area contributed by atoms with Crippen molar-refractivity contribution in [1.29, 1.82) is 0 Å². The average molecular weight is 600 g/mol. The number of carbonyl (C=O) groups excluding carboxylic acids is 2. The zero-order chi connectivity index (χ0) is 30.3. The summed E-state index contributed by atoms with van der Waals surface area (Å²) in [6.45, 7) is 8.13. The zero-order valence-electron chi connectivity index (χ0n) is 25.3. The van der Waals surface area contributed by atoms with Crippen LogP contribution in [0.25, 0.3) is 22.0 Å². The highest BCUT2D eigenvalue weighted by Gasteiger charge is 2.23. The van der Waals surface area contributed by atoms with Crippen LogP contribution in [-0.4, -0.2) is 88.7 Å². The molecule has 0 unspecified atom stereocenters. The Balaban J connectivity index is 0.000000193. The molecule has 5 heterocycles. The van der Waals surface area contributed by atoms with Gasteiger partial charge in [0.25, 0.3) is 5.91 Å². The maximum Gasteiger partial charge on any atom is 0.270 e. The summed E-state index contributed by atoms with van der Waals surface area (Å²) in [5, 5.41) is 8.20. The van der Waals surface area contributed by atoms with Gasteiger partial charge in [-0.25, -0.2) is 4.39 Å². The Hall–Kier alpha value is -4.18. The first kappa shape index (κ1) is 29.9. The van der Waals surface area contributed by atoms with Crippen molar-refractivity contribution < 1.29 is 14.0 Å². The molecule has 7 rings (SSSR count). The molecule has 2 N–H and O–H groups in total. The van der Waals surface area contributed by atoms with E-state index in [0.717, 1.165) is 94.6 Å². The molecule has 0 aliphatic carbocycles. The van der Waals surface area contributed by atoms with E-state index < -0.39 is 0 Å². The number of aromatic amines is 1. The van der Waals surface area contributed by atoms with Crippen molar-refractivity contribution in [1.82, 2.24) is 29.9 Å². The maximum absolute atomic E-state index is 14.5. The van der Waals surface area contributed by atoms with Gasteiger partial charge < -0.3 is 25.0 Å². The Morgan fingerprint density at radius 1 is 0.841 bits per heavy atom. The molecule has 0 spiro atoms. The summed E-state index contributed by atoms with van der Waals surface area (Å²) in [4.78, 5) is 33.7. The molecular weight excluding hydrogens is 557 g/mol. The van der Waals surface area contributed by atoms with E-state index in [-0.39, 0.29) is 17.6 Å². The number of H-pyrrole nitrogens is 1. The molecule has 0 radical (unpaired) electrons. The van der Waals surface area contributed by atoms with Gasteiger partial charge in [0.05, 0.1) is 5.52 Å². The average Bonchev–Trinajstić information content (AvgIpc) is 3.88. The molecule has 10 heteroatoms. The second-order valence-corrected chi connectivity index (χ2v) is 11.8. The minimum Gasteiger partial charge on any atom is -0.369 e. The van der Waals surface area contributed by atoms with E-state index in [9.17, 15) is 14.0 Å². The highest BCUT2D eigenvalue weighted by molar-refractivity contribution is 6.03. The summed E-state index contributed by atoms with van der Waals surface area (Å²) in [5.74, 6) is -0.107. The van der Waals surface area contributed by atoms with Gasteiger partial charge in [0.15, 0.2) is 0 Å². The molecular formula is C34H42FN7O2.